The number of hydrogen-bond donors (Lipinski definition) is 1. The monoisotopic (exact) mass is 295 g/mol. The number of aryl methyl sites for hydroxylation is 1. The Bertz CT molecular complexity index is 572. The van der Waals surface area contributed by atoms with E-state index in [1.165, 1.54) is 6.07 Å². The molecule has 0 fully saturated rings. The lowest BCUT2D eigenvalue weighted by atomic mass is 10.0. The number of rotatable bonds is 7. The standard InChI is InChI=1S/C15H19F2N3O/c1-3-7-20-10-12(9-19-20)14(18-2)11-5-4-6-13(8-11)21-15(16)17/h4-6,8-10,14-15,18H,3,7H2,1-2H3. The molecular weight excluding hydrogens is 276 g/mol. The lowest BCUT2D eigenvalue weighted by Crippen LogP contribution is -2.17. The molecule has 0 radical (unpaired) electrons. The van der Waals surface area contributed by atoms with Crippen molar-refractivity contribution in [2.75, 3.05) is 7.05 Å². The van der Waals surface area contributed by atoms with Crippen LogP contribution in [-0.2, 0) is 6.54 Å². The Morgan fingerprint density at radius 1 is 1.33 bits per heavy atom. The highest BCUT2D eigenvalue weighted by Crippen LogP contribution is 2.25. The van der Waals surface area contributed by atoms with Crippen LogP contribution in [0.25, 0.3) is 0 Å². The molecule has 21 heavy (non-hydrogen) atoms. The Hall–Kier alpha value is -1.95. The Labute approximate surface area is 122 Å². The Morgan fingerprint density at radius 2 is 2.14 bits per heavy atom. The van der Waals surface area contributed by atoms with Gasteiger partial charge in [0.25, 0.3) is 0 Å². The molecule has 1 atom stereocenters. The molecule has 1 N–H and O–H groups in total. The summed E-state index contributed by atoms with van der Waals surface area (Å²) < 4.78 is 30.9. The van der Waals surface area contributed by atoms with Crippen molar-refractivity contribution in [3.05, 3.63) is 47.8 Å². The largest absolute Gasteiger partial charge is 0.435 e. The summed E-state index contributed by atoms with van der Waals surface area (Å²) >= 11 is 0. The first-order valence-electron chi connectivity index (χ1n) is 6.88. The molecule has 0 saturated carbocycles. The van der Waals surface area contributed by atoms with E-state index in [0.717, 1.165) is 24.1 Å². The highest BCUT2D eigenvalue weighted by molar-refractivity contribution is 5.35. The van der Waals surface area contributed by atoms with Gasteiger partial charge < -0.3 is 10.1 Å². The third-order valence-electron chi connectivity index (χ3n) is 3.14. The minimum atomic E-state index is -2.82. The number of nitrogens with zero attached hydrogens (tertiary/aromatic N) is 2. The van der Waals surface area contributed by atoms with E-state index in [4.69, 9.17) is 0 Å². The molecule has 6 heteroatoms. The second-order valence-corrected chi connectivity index (χ2v) is 4.71. The summed E-state index contributed by atoms with van der Waals surface area (Å²) in [6.45, 7) is 0.119. The fourth-order valence-corrected chi connectivity index (χ4v) is 2.28. The molecule has 0 aliphatic heterocycles. The molecule has 0 amide bonds. The zero-order valence-electron chi connectivity index (χ0n) is 12.1. The second-order valence-electron chi connectivity index (χ2n) is 4.71. The fraction of sp³-hybridized carbons (Fsp3) is 0.400. The van der Waals surface area contributed by atoms with Crippen molar-refractivity contribution in [1.29, 1.82) is 0 Å². The van der Waals surface area contributed by atoms with Crippen LogP contribution in [-0.4, -0.2) is 23.4 Å². The molecule has 0 aliphatic rings. The number of aromatic nitrogens is 2. The minimum absolute atomic E-state index is 0.114. The minimum Gasteiger partial charge on any atom is -0.435 e. The van der Waals surface area contributed by atoms with Gasteiger partial charge in [-0.15, -0.1) is 0 Å². The Kier molecular flexibility index (Phi) is 5.27. The SMILES string of the molecule is CCCn1cc(C(NC)c2cccc(OC(F)F)c2)cn1. The molecule has 1 heterocycles. The molecule has 1 aromatic carbocycles. The summed E-state index contributed by atoms with van der Waals surface area (Å²) in [5.41, 5.74) is 1.84. The number of ether oxygens (including phenoxy) is 1. The summed E-state index contributed by atoms with van der Waals surface area (Å²) in [4.78, 5) is 0. The van der Waals surface area contributed by atoms with Gasteiger partial charge in [-0.05, 0) is 31.2 Å². The van der Waals surface area contributed by atoms with Gasteiger partial charge in [0, 0.05) is 18.3 Å². The van der Waals surface area contributed by atoms with E-state index < -0.39 is 6.61 Å². The van der Waals surface area contributed by atoms with E-state index >= 15 is 0 Å². The maximum atomic E-state index is 12.3. The van der Waals surface area contributed by atoms with Crippen molar-refractivity contribution in [3.8, 4) is 5.75 Å². The van der Waals surface area contributed by atoms with Gasteiger partial charge in [-0.3, -0.25) is 4.68 Å². The summed E-state index contributed by atoms with van der Waals surface area (Å²) in [5.74, 6) is 0.156. The van der Waals surface area contributed by atoms with E-state index in [1.807, 2.05) is 24.0 Å². The molecule has 0 spiro atoms. The van der Waals surface area contributed by atoms with Crippen molar-refractivity contribution >= 4 is 0 Å². The van der Waals surface area contributed by atoms with Crippen LogP contribution >= 0.6 is 0 Å². The van der Waals surface area contributed by atoms with Gasteiger partial charge in [-0.1, -0.05) is 19.1 Å². The molecule has 1 aromatic heterocycles. The van der Waals surface area contributed by atoms with Gasteiger partial charge in [-0.25, -0.2) is 0 Å². The average molecular weight is 295 g/mol. The summed E-state index contributed by atoms with van der Waals surface area (Å²) in [6.07, 6.45) is 4.76. The first kappa shape index (κ1) is 15.4. The number of hydrogen-bond acceptors (Lipinski definition) is 3. The predicted molar refractivity (Wildman–Crippen MR) is 76.5 cm³/mol. The van der Waals surface area contributed by atoms with Gasteiger partial charge in [-0.2, -0.15) is 13.9 Å². The zero-order chi connectivity index (χ0) is 15.2. The third-order valence-corrected chi connectivity index (χ3v) is 3.14. The van der Waals surface area contributed by atoms with Crippen molar-refractivity contribution in [3.63, 3.8) is 0 Å². The number of nitrogens with one attached hydrogen (secondary N) is 1. The molecule has 0 bridgehead atoms. The zero-order valence-corrected chi connectivity index (χ0v) is 12.1. The van der Waals surface area contributed by atoms with E-state index in [0.29, 0.717) is 0 Å². The number of benzene rings is 1. The Morgan fingerprint density at radius 3 is 2.81 bits per heavy atom. The van der Waals surface area contributed by atoms with Gasteiger partial charge >= 0.3 is 6.61 Å². The molecule has 2 aromatic rings. The molecule has 114 valence electrons. The summed E-state index contributed by atoms with van der Waals surface area (Å²) in [5, 5.41) is 7.47. The van der Waals surface area contributed by atoms with E-state index in [-0.39, 0.29) is 11.8 Å². The van der Waals surface area contributed by atoms with Crippen LogP contribution in [0.15, 0.2) is 36.7 Å². The second kappa shape index (κ2) is 7.17. The van der Waals surface area contributed by atoms with Gasteiger partial charge in [0.1, 0.15) is 5.75 Å². The van der Waals surface area contributed by atoms with Crippen LogP contribution < -0.4 is 10.1 Å². The van der Waals surface area contributed by atoms with E-state index in [2.05, 4.69) is 22.1 Å². The van der Waals surface area contributed by atoms with Crippen molar-refractivity contribution in [2.24, 2.45) is 0 Å². The van der Waals surface area contributed by atoms with Crippen molar-refractivity contribution < 1.29 is 13.5 Å². The van der Waals surface area contributed by atoms with Crippen LogP contribution in [0.2, 0.25) is 0 Å². The highest BCUT2D eigenvalue weighted by Gasteiger charge is 2.15. The number of halogens is 2. The van der Waals surface area contributed by atoms with Crippen LogP contribution in [0.4, 0.5) is 8.78 Å². The maximum absolute atomic E-state index is 12.3. The van der Waals surface area contributed by atoms with Gasteiger partial charge in [0.05, 0.1) is 12.2 Å². The molecule has 1 unspecified atom stereocenters. The van der Waals surface area contributed by atoms with Crippen molar-refractivity contribution in [1.82, 2.24) is 15.1 Å². The van der Waals surface area contributed by atoms with E-state index in [9.17, 15) is 8.78 Å². The Balaban J connectivity index is 2.23. The summed E-state index contributed by atoms with van der Waals surface area (Å²) in [6, 6.07) is 6.59. The third kappa shape index (κ3) is 4.01. The van der Waals surface area contributed by atoms with Gasteiger partial charge in [0.2, 0.25) is 0 Å². The van der Waals surface area contributed by atoms with Crippen LogP contribution in [0.5, 0.6) is 5.75 Å². The molecule has 0 aliphatic carbocycles. The lowest BCUT2D eigenvalue weighted by Gasteiger charge is -2.16. The lowest BCUT2D eigenvalue weighted by molar-refractivity contribution is -0.0498. The fourth-order valence-electron chi connectivity index (χ4n) is 2.28. The smallest absolute Gasteiger partial charge is 0.387 e. The average Bonchev–Trinajstić information content (AvgIpc) is 2.88. The number of alkyl halides is 2. The van der Waals surface area contributed by atoms with Gasteiger partial charge in [0.15, 0.2) is 0 Å². The van der Waals surface area contributed by atoms with Crippen LogP contribution in [0.3, 0.4) is 0 Å². The van der Waals surface area contributed by atoms with E-state index in [1.54, 1.807) is 18.3 Å². The summed E-state index contributed by atoms with van der Waals surface area (Å²) in [7, 11) is 1.82. The molecular formula is C15H19F2N3O. The molecule has 0 saturated heterocycles. The van der Waals surface area contributed by atoms with Crippen LogP contribution in [0.1, 0.15) is 30.5 Å². The first-order chi connectivity index (χ1) is 10.1. The highest BCUT2D eigenvalue weighted by atomic mass is 19.3. The normalized spacial score (nSPS) is 12.6. The quantitative estimate of drug-likeness (QED) is 0.852. The first-order valence-corrected chi connectivity index (χ1v) is 6.88. The topological polar surface area (TPSA) is 39.1 Å². The maximum Gasteiger partial charge on any atom is 0.387 e. The predicted octanol–water partition coefficient (Wildman–Crippen LogP) is 3.20. The molecule has 4 nitrogen and oxygen atoms in total. The molecule has 2 rings (SSSR count). The van der Waals surface area contributed by atoms with Crippen LogP contribution in [0, 0.1) is 0 Å². The van der Waals surface area contributed by atoms with Crippen molar-refractivity contribution in [2.45, 2.75) is 32.5 Å².